The molecule has 0 saturated heterocycles. The molecule has 0 aliphatic carbocycles. The summed E-state index contributed by atoms with van der Waals surface area (Å²) in [6.07, 6.45) is 0. The smallest absolute Gasteiger partial charge is 0.252 e. The van der Waals surface area contributed by atoms with E-state index in [2.05, 4.69) is 5.32 Å². The summed E-state index contributed by atoms with van der Waals surface area (Å²) in [7, 11) is 4.62. The van der Waals surface area contributed by atoms with Crippen molar-refractivity contribution in [2.24, 2.45) is 0 Å². The van der Waals surface area contributed by atoms with Gasteiger partial charge in [-0.1, -0.05) is 30.3 Å². The van der Waals surface area contributed by atoms with Gasteiger partial charge in [0.05, 0.1) is 38.1 Å². The summed E-state index contributed by atoms with van der Waals surface area (Å²) < 4.78 is 29.8. The molecule has 0 aliphatic heterocycles. The van der Waals surface area contributed by atoms with E-state index < -0.39 is 0 Å². The highest BCUT2D eigenvalue weighted by Crippen LogP contribution is 2.41. The molecule has 4 aromatic rings. The van der Waals surface area contributed by atoms with Crippen LogP contribution in [0.25, 0.3) is 22.2 Å². The molecule has 3 aromatic carbocycles. The summed E-state index contributed by atoms with van der Waals surface area (Å²) in [5.41, 5.74) is 3.07. The number of methoxy groups -OCH3 is 3. The zero-order valence-corrected chi connectivity index (χ0v) is 18.5. The summed E-state index contributed by atoms with van der Waals surface area (Å²) >= 11 is 0. The van der Waals surface area contributed by atoms with Gasteiger partial charge in [0.1, 0.15) is 5.82 Å². The highest BCUT2D eigenvalue weighted by molar-refractivity contribution is 6.07. The van der Waals surface area contributed by atoms with Gasteiger partial charge in [-0.3, -0.25) is 4.79 Å². The highest BCUT2D eigenvalue weighted by atomic mass is 19.1. The molecule has 1 heterocycles. The number of pyridine rings is 1. The van der Waals surface area contributed by atoms with Crippen molar-refractivity contribution in [2.75, 3.05) is 21.3 Å². The van der Waals surface area contributed by atoms with Gasteiger partial charge in [0.2, 0.25) is 5.75 Å². The van der Waals surface area contributed by atoms with Crippen molar-refractivity contribution in [3.8, 4) is 28.5 Å². The lowest BCUT2D eigenvalue weighted by Gasteiger charge is -2.15. The SMILES string of the molecule is COc1cc(-c2cc(C(=O)NCc3cccc(F)c3)c3ccccc3n2)cc(OC)c1OC. The molecule has 7 heteroatoms. The van der Waals surface area contributed by atoms with E-state index in [1.807, 2.05) is 24.3 Å². The number of carbonyl (C=O) groups is 1. The fourth-order valence-electron chi connectivity index (χ4n) is 3.66. The number of hydrogen-bond donors (Lipinski definition) is 1. The first-order chi connectivity index (χ1) is 16.0. The van der Waals surface area contributed by atoms with Crippen molar-refractivity contribution in [1.29, 1.82) is 0 Å². The van der Waals surface area contributed by atoms with Crippen LogP contribution in [0.4, 0.5) is 4.39 Å². The minimum absolute atomic E-state index is 0.201. The summed E-state index contributed by atoms with van der Waals surface area (Å²) in [5, 5.41) is 3.59. The predicted molar refractivity (Wildman–Crippen MR) is 124 cm³/mol. The first-order valence-corrected chi connectivity index (χ1v) is 10.3. The lowest BCUT2D eigenvalue weighted by Crippen LogP contribution is -2.23. The zero-order chi connectivity index (χ0) is 23.4. The monoisotopic (exact) mass is 446 g/mol. The van der Waals surface area contributed by atoms with Gasteiger partial charge in [-0.05, 0) is 42.0 Å². The number of para-hydroxylation sites is 1. The van der Waals surface area contributed by atoms with Crippen molar-refractivity contribution in [2.45, 2.75) is 6.54 Å². The van der Waals surface area contributed by atoms with Crippen molar-refractivity contribution in [1.82, 2.24) is 10.3 Å². The fourth-order valence-corrected chi connectivity index (χ4v) is 3.66. The first kappa shape index (κ1) is 22.1. The quantitative estimate of drug-likeness (QED) is 0.433. The van der Waals surface area contributed by atoms with E-state index >= 15 is 0 Å². The second kappa shape index (κ2) is 9.56. The second-order valence-corrected chi connectivity index (χ2v) is 7.30. The number of ether oxygens (including phenoxy) is 3. The molecule has 0 bridgehead atoms. The number of rotatable bonds is 7. The molecule has 0 atom stereocenters. The van der Waals surface area contributed by atoms with Crippen molar-refractivity contribution in [3.63, 3.8) is 0 Å². The minimum Gasteiger partial charge on any atom is -0.493 e. The van der Waals surface area contributed by atoms with Gasteiger partial charge in [-0.2, -0.15) is 0 Å². The van der Waals surface area contributed by atoms with Crippen molar-refractivity contribution in [3.05, 3.63) is 83.7 Å². The molecule has 0 saturated carbocycles. The molecule has 0 unspecified atom stereocenters. The molecule has 1 amide bonds. The Labute approximate surface area is 190 Å². The molecule has 0 radical (unpaired) electrons. The number of halogens is 1. The first-order valence-electron chi connectivity index (χ1n) is 10.3. The molecule has 4 rings (SSSR count). The van der Waals surface area contributed by atoms with Crippen molar-refractivity contribution < 1.29 is 23.4 Å². The Bertz CT molecular complexity index is 1300. The minimum atomic E-state index is -0.346. The van der Waals surface area contributed by atoms with E-state index in [1.54, 1.807) is 44.6 Å². The standard InChI is InChI=1S/C26H23FN2O4/c1-31-23-12-17(13-24(32-2)25(23)33-3)22-14-20(19-9-4-5-10-21(19)29-22)26(30)28-15-16-7-6-8-18(27)11-16/h4-14H,15H2,1-3H3,(H,28,30). The third kappa shape index (κ3) is 4.57. The average Bonchev–Trinajstić information content (AvgIpc) is 2.85. The second-order valence-electron chi connectivity index (χ2n) is 7.30. The largest absolute Gasteiger partial charge is 0.493 e. The normalized spacial score (nSPS) is 10.7. The predicted octanol–water partition coefficient (Wildman–Crippen LogP) is 5.00. The van der Waals surface area contributed by atoms with Crippen LogP contribution >= 0.6 is 0 Å². The molecule has 6 nitrogen and oxygen atoms in total. The van der Waals surface area contributed by atoms with Crippen LogP contribution in [0.15, 0.2) is 66.7 Å². The summed E-state index contributed by atoms with van der Waals surface area (Å²) in [5.74, 6) is 0.808. The highest BCUT2D eigenvalue weighted by Gasteiger charge is 2.18. The van der Waals surface area contributed by atoms with Crippen LogP contribution in [0.1, 0.15) is 15.9 Å². The maximum Gasteiger partial charge on any atom is 0.252 e. The Kier molecular flexibility index (Phi) is 6.40. The van der Waals surface area contributed by atoms with E-state index in [0.29, 0.717) is 50.5 Å². The Morgan fingerprint density at radius 2 is 1.64 bits per heavy atom. The molecular formula is C26H23FN2O4. The zero-order valence-electron chi connectivity index (χ0n) is 18.5. The van der Waals surface area contributed by atoms with Gasteiger partial charge >= 0.3 is 0 Å². The van der Waals surface area contributed by atoms with Gasteiger partial charge in [-0.15, -0.1) is 0 Å². The van der Waals surface area contributed by atoms with Crippen LogP contribution in [0.3, 0.4) is 0 Å². The molecule has 0 aliphatic rings. The van der Waals surface area contributed by atoms with Crippen LogP contribution in [-0.4, -0.2) is 32.2 Å². The van der Waals surface area contributed by atoms with Gasteiger partial charge in [0.15, 0.2) is 11.5 Å². The van der Waals surface area contributed by atoms with E-state index in [-0.39, 0.29) is 18.3 Å². The number of nitrogens with zero attached hydrogens (tertiary/aromatic N) is 1. The molecule has 168 valence electrons. The number of amides is 1. The number of carbonyl (C=O) groups excluding carboxylic acids is 1. The average molecular weight is 446 g/mol. The molecule has 0 spiro atoms. The number of hydrogen-bond acceptors (Lipinski definition) is 5. The topological polar surface area (TPSA) is 69.7 Å². The number of benzene rings is 3. The van der Waals surface area contributed by atoms with Crippen LogP contribution < -0.4 is 19.5 Å². The van der Waals surface area contributed by atoms with E-state index in [9.17, 15) is 9.18 Å². The van der Waals surface area contributed by atoms with Crippen LogP contribution in [-0.2, 0) is 6.54 Å². The number of fused-ring (bicyclic) bond motifs is 1. The number of aromatic nitrogens is 1. The molecular weight excluding hydrogens is 423 g/mol. The maximum absolute atomic E-state index is 13.5. The van der Waals surface area contributed by atoms with Gasteiger partial charge < -0.3 is 19.5 Å². The van der Waals surface area contributed by atoms with Crippen molar-refractivity contribution >= 4 is 16.8 Å². The lowest BCUT2D eigenvalue weighted by molar-refractivity contribution is 0.0952. The van der Waals surface area contributed by atoms with Gasteiger partial charge in [0.25, 0.3) is 5.91 Å². The van der Waals surface area contributed by atoms with Crippen LogP contribution in [0.5, 0.6) is 17.2 Å². The summed E-state index contributed by atoms with van der Waals surface area (Å²) in [6, 6.07) is 18.8. The fraction of sp³-hybridized carbons (Fsp3) is 0.154. The van der Waals surface area contributed by atoms with Gasteiger partial charge in [-0.25, -0.2) is 9.37 Å². The lowest BCUT2D eigenvalue weighted by atomic mass is 10.0. The summed E-state index contributed by atoms with van der Waals surface area (Å²) in [6.45, 7) is 0.201. The van der Waals surface area contributed by atoms with Crippen LogP contribution in [0.2, 0.25) is 0 Å². The van der Waals surface area contributed by atoms with Crippen LogP contribution in [0, 0.1) is 5.82 Å². The van der Waals surface area contributed by atoms with E-state index in [4.69, 9.17) is 19.2 Å². The maximum atomic E-state index is 13.5. The Hall–Kier alpha value is -4.13. The van der Waals surface area contributed by atoms with E-state index in [1.165, 1.54) is 19.2 Å². The van der Waals surface area contributed by atoms with Gasteiger partial charge in [0, 0.05) is 17.5 Å². The Balaban J connectivity index is 1.77. The Morgan fingerprint density at radius 1 is 0.909 bits per heavy atom. The third-order valence-corrected chi connectivity index (χ3v) is 5.26. The molecule has 1 N–H and O–H groups in total. The summed E-state index contributed by atoms with van der Waals surface area (Å²) in [4.78, 5) is 17.9. The van der Waals surface area contributed by atoms with E-state index in [0.717, 1.165) is 0 Å². The molecule has 0 fully saturated rings. The third-order valence-electron chi connectivity index (χ3n) is 5.26. The Morgan fingerprint density at radius 3 is 2.30 bits per heavy atom. The molecule has 1 aromatic heterocycles. The number of nitrogens with one attached hydrogen (secondary N) is 1. The molecule has 33 heavy (non-hydrogen) atoms.